The third-order valence-corrected chi connectivity index (χ3v) is 5.56. The van der Waals surface area contributed by atoms with Gasteiger partial charge >= 0.3 is 0 Å². The average Bonchev–Trinajstić information content (AvgIpc) is 3.11. The molecule has 3 rings (SSSR count). The van der Waals surface area contributed by atoms with Crippen LogP contribution in [-0.4, -0.2) is 21.2 Å². The first-order chi connectivity index (χ1) is 13.3. The molecule has 7 heteroatoms. The Labute approximate surface area is 173 Å². The first-order valence-corrected chi connectivity index (χ1v) is 10.1. The van der Waals surface area contributed by atoms with E-state index in [1.165, 1.54) is 17.3 Å². The van der Waals surface area contributed by atoms with Crippen LogP contribution < -0.4 is 4.74 Å². The number of halogens is 1. The Morgan fingerprint density at radius 2 is 1.79 bits per heavy atom. The summed E-state index contributed by atoms with van der Waals surface area (Å²) in [7, 11) is 0. The molecule has 0 aliphatic carbocycles. The quantitative estimate of drug-likeness (QED) is 0.369. The van der Waals surface area contributed by atoms with Crippen molar-refractivity contribution in [3.8, 4) is 5.75 Å². The van der Waals surface area contributed by atoms with Gasteiger partial charge in [0.15, 0.2) is 12.4 Å². The van der Waals surface area contributed by atoms with Crippen molar-refractivity contribution < 1.29 is 13.9 Å². The number of carbonyl (C=O) groups is 1. The van der Waals surface area contributed by atoms with Gasteiger partial charge in [-0.05, 0) is 74.7 Å². The maximum Gasteiger partial charge on any atom is 0.277 e. The van der Waals surface area contributed by atoms with Crippen LogP contribution in [-0.2, 0) is 6.61 Å². The zero-order valence-electron chi connectivity index (χ0n) is 16.2. The molecule has 28 heavy (non-hydrogen) atoms. The predicted octanol–water partition coefficient (Wildman–Crippen LogP) is 5.59. The molecule has 1 unspecified atom stereocenters. The van der Waals surface area contributed by atoms with Gasteiger partial charge in [-0.15, -0.1) is 10.2 Å². The highest BCUT2D eigenvalue weighted by molar-refractivity contribution is 8.00. The second-order valence-corrected chi connectivity index (χ2v) is 8.31. The van der Waals surface area contributed by atoms with Crippen molar-refractivity contribution >= 4 is 29.1 Å². The summed E-state index contributed by atoms with van der Waals surface area (Å²) in [6, 6.07) is 11.0. The highest BCUT2D eigenvalue weighted by atomic mass is 35.5. The first kappa shape index (κ1) is 20.4. The van der Waals surface area contributed by atoms with Crippen molar-refractivity contribution in [3.63, 3.8) is 0 Å². The summed E-state index contributed by atoms with van der Waals surface area (Å²) in [6.07, 6.45) is 0. The number of thioether (sulfide) groups is 1. The highest BCUT2D eigenvalue weighted by Gasteiger charge is 2.21. The van der Waals surface area contributed by atoms with E-state index < -0.39 is 0 Å². The number of hydrogen-bond donors (Lipinski definition) is 0. The molecule has 2 aromatic carbocycles. The zero-order chi connectivity index (χ0) is 20.3. The lowest BCUT2D eigenvalue weighted by atomic mass is 9.97. The second kappa shape index (κ2) is 8.80. The van der Waals surface area contributed by atoms with Gasteiger partial charge in [0.25, 0.3) is 11.1 Å². The van der Waals surface area contributed by atoms with E-state index in [-0.39, 0.29) is 17.6 Å². The smallest absolute Gasteiger partial charge is 0.277 e. The van der Waals surface area contributed by atoms with Gasteiger partial charge in [0.05, 0.1) is 5.25 Å². The van der Waals surface area contributed by atoms with Crippen molar-refractivity contribution in [2.45, 2.75) is 44.8 Å². The number of carbonyl (C=O) groups excluding carboxylic acids is 1. The van der Waals surface area contributed by atoms with Gasteiger partial charge in [-0.3, -0.25) is 4.79 Å². The van der Waals surface area contributed by atoms with Crippen LogP contribution in [0.3, 0.4) is 0 Å². The molecule has 0 fully saturated rings. The summed E-state index contributed by atoms with van der Waals surface area (Å²) in [4.78, 5) is 12.8. The van der Waals surface area contributed by atoms with Crippen LogP contribution >= 0.6 is 23.4 Å². The molecule has 1 heterocycles. The average molecular weight is 417 g/mol. The monoisotopic (exact) mass is 416 g/mol. The maximum absolute atomic E-state index is 12.8. The van der Waals surface area contributed by atoms with Crippen LogP contribution in [0.5, 0.6) is 5.75 Å². The third kappa shape index (κ3) is 4.94. The lowest BCUT2D eigenvalue weighted by molar-refractivity contribution is 0.0993. The van der Waals surface area contributed by atoms with Gasteiger partial charge in [0.1, 0.15) is 5.75 Å². The molecule has 0 saturated heterocycles. The van der Waals surface area contributed by atoms with E-state index in [0.29, 0.717) is 21.9 Å². The Morgan fingerprint density at radius 1 is 1.11 bits per heavy atom. The van der Waals surface area contributed by atoms with E-state index in [0.717, 1.165) is 16.7 Å². The minimum absolute atomic E-state index is 0.0442. The van der Waals surface area contributed by atoms with Crippen LogP contribution in [0.25, 0.3) is 0 Å². The first-order valence-electron chi connectivity index (χ1n) is 8.83. The normalized spacial score (nSPS) is 12.0. The SMILES string of the molecule is Cc1cc(C)c(C(=O)C(C)Sc2nnc(COc3ccc(Cl)cc3)o2)cc1C. The van der Waals surface area contributed by atoms with Crippen molar-refractivity contribution in [2.24, 2.45) is 0 Å². The van der Waals surface area contributed by atoms with Gasteiger partial charge < -0.3 is 9.15 Å². The van der Waals surface area contributed by atoms with Gasteiger partial charge in [-0.25, -0.2) is 0 Å². The van der Waals surface area contributed by atoms with E-state index in [1.807, 2.05) is 39.8 Å². The molecule has 3 aromatic rings. The number of ketones is 1. The molecule has 0 aliphatic rings. The number of hydrogen-bond acceptors (Lipinski definition) is 6. The Bertz CT molecular complexity index is 986. The molecule has 1 aromatic heterocycles. The molecular weight excluding hydrogens is 396 g/mol. The van der Waals surface area contributed by atoms with Crippen LogP contribution in [0.15, 0.2) is 46.0 Å². The fourth-order valence-corrected chi connectivity index (χ4v) is 3.56. The van der Waals surface area contributed by atoms with E-state index >= 15 is 0 Å². The van der Waals surface area contributed by atoms with Gasteiger partial charge in [-0.1, -0.05) is 29.4 Å². The van der Waals surface area contributed by atoms with Crippen LogP contribution in [0.2, 0.25) is 5.02 Å². The second-order valence-electron chi connectivity index (χ2n) is 6.58. The fourth-order valence-electron chi connectivity index (χ4n) is 2.67. The third-order valence-electron chi connectivity index (χ3n) is 4.38. The summed E-state index contributed by atoms with van der Waals surface area (Å²) in [6.45, 7) is 7.99. The molecule has 0 amide bonds. The molecule has 146 valence electrons. The molecule has 0 bridgehead atoms. The Kier molecular flexibility index (Phi) is 6.42. The number of rotatable bonds is 7. The number of aryl methyl sites for hydroxylation is 3. The molecule has 0 radical (unpaired) electrons. The summed E-state index contributed by atoms with van der Waals surface area (Å²) in [5, 5.41) is 8.63. The molecule has 0 saturated carbocycles. The predicted molar refractivity (Wildman–Crippen MR) is 110 cm³/mol. The van der Waals surface area contributed by atoms with E-state index in [4.69, 9.17) is 20.8 Å². The molecule has 5 nitrogen and oxygen atoms in total. The summed E-state index contributed by atoms with van der Waals surface area (Å²) < 4.78 is 11.2. The molecule has 1 atom stereocenters. The van der Waals surface area contributed by atoms with Crippen LogP contribution in [0.4, 0.5) is 0 Å². The summed E-state index contributed by atoms with van der Waals surface area (Å²) in [5.41, 5.74) is 3.99. The minimum atomic E-state index is -0.341. The van der Waals surface area contributed by atoms with Crippen molar-refractivity contribution in [3.05, 3.63) is 69.6 Å². The fraction of sp³-hybridized carbons (Fsp3) is 0.286. The largest absolute Gasteiger partial charge is 0.484 e. The number of benzene rings is 2. The van der Waals surface area contributed by atoms with Crippen LogP contribution in [0, 0.1) is 20.8 Å². The van der Waals surface area contributed by atoms with Crippen molar-refractivity contribution in [2.75, 3.05) is 0 Å². The van der Waals surface area contributed by atoms with E-state index in [9.17, 15) is 4.79 Å². The maximum atomic E-state index is 12.8. The van der Waals surface area contributed by atoms with E-state index in [1.54, 1.807) is 24.3 Å². The standard InChI is InChI=1S/C21H21ClN2O3S/c1-12-9-14(3)18(10-13(12)2)20(25)15(4)28-21-24-23-19(27-21)11-26-17-7-5-16(22)6-8-17/h5-10,15H,11H2,1-4H3. The van der Waals surface area contributed by atoms with Crippen LogP contribution in [0.1, 0.15) is 39.9 Å². The number of ether oxygens (including phenoxy) is 1. The number of nitrogens with zero attached hydrogens (tertiary/aromatic N) is 2. The summed E-state index contributed by atoms with van der Waals surface area (Å²) >= 11 is 7.10. The lowest BCUT2D eigenvalue weighted by Gasteiger charge is -2.12. The van der Waals surface area contributed by atoms with Crippen molar-refractivity contribution in [1.82, 2.24) is 10.2 Å². The summed E-state index contributed by atoms with van der Waals surface area (Å²) in [5.74, 6) is 1.05. The topological polar surface area (TPSA) is 65.2 Å². The molecular formula is C21H21ClN2O3S. The zero-order valence-corrected chi connectivity index (χ0v) is 17.7. The Hall–Kier alpha value is -2.31. The number of Topliss-reactive ketones (excluding diaryl/α,β-unsaturated/α-hetero) is 1. The lowest BCUT2D eigenvalue weighted by Crippen LogP contribution is -2.15. The number of aromatic nitrogens is 2. The molecule has 0 N–H and O–H groups in total. The van der Waals surface area contributed by atoms with Gasteiger partial charge in [0, 0.05) is 10.6 Å². The minimum Gasteiger partial charge on any atom is -0.484 e. The molecule has 0 aliphatic heterocycles. The Morgan fingerprint density at radius 3 is 2.50 bits per heavy atom. The Balaban J connectivity index is 1.61. The van der Waals surface area contributed by atoms with Gasteiger partial charge in [0.2, 0.25) is 0 Å². The van der Waals surface area contributed by atoms with Crippen molar-refractivity contribution in [1.29, 1.82) is 0 Å². The van der Waals surface area contributed by atoms with E-state index in [2.05, 4.69) is 10.2 Å². The highest BCUT2D eigenvalue weighted by Crippen LogP contribution is 2.27. The van der Waals surface area contributed by atoms with Gasteiger partial charge in [-0.2, -0.15) is 0 Å². The molecule has 0 spiro atoms.